The lowest BCUT2D eigenvalue weighted by Crippen LogP contribution is -2.22. The number of anilines is 1. The van der Waals surface area contributed by atoms with Crippen molar-refractivity contribution in [2.45, 2.75) is 25.3 Å². The van der Waals surface area contributed by atoms with Crippen molar-refractivity contribution in [3.8, 4) is 0 Å². The summed E-state index contributed by atoms with van der Waals surface area (Å²) in [6.07, 6.45) is 0. The normalized spacial score (nSPS) is 11.1. The van der Waals surface area contributed by atoms with Crippen LogP contribution in [0.3, 0.4) is 0 Å². The molecule has 0 heterocycles. The van der Waals surface area contributed by atoms with Crippen LogP contribution in [-0.2, 0) is 16.6 Å². The number of hydrogen-bond donors (Lipinski definition) is 2. The van der Waals surface area contributed by atoms with Crippen LogP contribution in [0.15, 0.2) is 77.7 Å². The van der Waals surface area contributed by atoms with E-state index in [9.17, 15) is 13.2 Å². The zero-order valence-corrected chi connectivity index (χ0v) is 16.6. The van der Waals surface area contributed by atoms with Crippen LogP contribution in [0.2, 0.25) is 0 Å². The smallest absolute Gasteiger partial charge is 0.261 e. The summed E-state index contributed by atoms with van der Waals surface area (Å²) >= 11 is 0. The molecular weight excluding hydrogens is 372 g/mol. The second-order valence-electron chi connectivity index (χ2n) is 6.67. The molecule has 0 bridgehead atoms. The number of amides is 1. The molecule has 0 saturated carbocycles. The van der Waals surface area contributed by atoms with E-state index < -0.39 is 10.0 Å². The van der Waals surface area contributed by atoms with Crippen LogP contribution in [0, 0.1) is 13.8 Å². The Balaban J connectivity index is 1.64. The fourth-order valence-corrected chi connectivity index (χ4v) is 3.79. The van der Waals surface area contributed by atoms with Gasteiger partial charge >= 0.3 is 0 Å². The maximum atomic E-state index is 12.4. The van der Waals surface area contributed by atoms with Crippen LogP contribution in [0.4, 0.5) is 5.69 Å². The highest BCUT2D eigenvalue weighted by Gasteiger charge is 2.14. The first-order chi connectivity index (χ1) is 13.3. The van der Waals surface area contributed by atoms with Crippen molar-refractivity contribution in [3.05, 3.63) is 95.1 Å². The van der Waals surface area contributed by atoms with E-state index in [1.54, 1.807) is 48.5 Å². The number of carbonyl (C=O) groups excluding carboxylic acids is 1. The van der Waals surface area contributed by atoms with Crippen molar-refractivity contribution in [1.29, 1.82) is 0 Å². The highest BCUT2D eigenvalue weighted by molar-refractivity contribution is 7.92. The second-order valence-corrected chi connectivity index (χ2v) is 8.35. The Bertz CT molecular complexity index is 1070. The van der Waals surface area contributed by atoms with E-state index in [1.807, 2.05) is 38.1 Å². The van der Waals surface area contributed by atoms with E-state index >= 15 is 0 Å². The molecule has 28 heavy (non-hydrogen) atoms. The van der Waals surface area contributed by atoms with Gasteiger partial charge in [0, 0.05) is 17.8 Å². The molecule has 5 nitrogen and oxygen atoms in total. The molecule has 0 spiro atoms. The van der Waals surface area contributed by atoms with Crippen molar-refractivity contribution in [3.63, 3.8) is 0 Å². The minimum Gasteiger partial charge on any atom is -0.348 e. The summed E-state index contributed by atoms with van der Waals surface area (Å²) < 4.78 is 27.4. The minimum absolute atomic E-state index is 0.193. The summed E-state index contributed by atoms with van der Waals surface area (Å²) in [6.45, 7) is 4.33. The number of rotatable bonds is 6. The van der Waals surface area contributed by atoms with Crippen LogP contribution in [0.25, 0.3) is 0 Å². The molecule has 3 rings (SSSR count). The summed E-state index contributed by atoms with van der Waals surface area (Å²) in [7, 11) is -3.66. The monoisotopic (exact) mass is 394 g/mol. The van der Waals surface area contributed by atoms with Crippen LogP contribution >= 0.6 is 0 Å². The number of hydrogen-bond acceptors (Lipinski definition) is 3. The zero-order valence-electron chi connectivity index (χ0n) is 15.8. The number of nitrogens with one attached hydrogen (secondary N) is 2. The molecule has 0 aliphatic carbocycles. The molecule has 2 N–H and O–H groups in total. The van der Waals surface area contributed by atoms with Gasteiger partial charge in [-0.1, -0.05) is 47.5 Å². The van der Waals surface area contributed by atoms with E-state index in [-0.39, 0.29) is 10.8 Å². The Hall–Kier alpha value is -3.12. The Kier molecular flexibility index (Phi) is 5.80. The van der Waals surface area contributed by atoms with E-state index in [2.05, 4.69) is 10.0 Å². The lowest BCUT2D eigenvalue weighted by atomic mass is 10.1. The quantitative estimate of drug-likeness (QED) is 0.663. The number of aryl methyl sites for hydroxylation is 2. The van der Waals surface area contributed by atoms with Gasteiger partial charge in [-0.25, -0.2) is 8.42 Å². The first-order valence-corrected chi connectivity index (χ1v) is 10.4. The molecule has 1 amide bonds. The molecule has 6 heteroatoms. The van der Waals surface area contributed by atoms with E-state index in [4.69, 9.17) is 0 Å². The molecular formula is C22H22N2O3S. The average molecular weight is 394 g/mol. The van der Waals surface area contributed by atoms with Gasteiger partial charge in [0.05, 0.1) is 4.90 Å². The van der Waals surface area contributed by atoms with Gasteiger partial charge in [0.25, 0.3) is 15.9 Å². The van der Waals surface area contributed by atoms with Gasteiger partial charge in [0.2, 0.25) is 0 Å². The Labute approximate surface area is 165 Å². The Morgan fingerprint density at radius 2 is 1.54 bits per heavy atom. The van der Waals surface area contributed by atoms with Crippen LogP contribution in [0.1, 0.15) is 27.0 Å². The highest BCUT2D eigenvalue weighted by Crippen LogP contribution is 2.17. The maximum Gasteiger partial charge on any atom is 0.261 e. The average Bonchev–Trinajstić information content (AvgIpc) is 2.67. The van der Waals surface area contributed by atoms with Gasteiger partial charge in [-0.05, 0) is 55.8 Å². The van der Waals surface area contributed by atoms with E-state index in [0.29, 0.717) is 17.8 Å². The summed E-state index contributed by atoms with van der Waals surface area (Å²) in [5.74, 6) is -0.213. The standard InChI is InChI=1S/C22H22N2O3S/c1-16-6-12-21(13-7-16)28(26,27)24-20-10-8-19(9-11-20)22(25)23-15-18-5-3-4-17(2)14-18/h3-14,24H,15H2,1-2H3,(H,23,25). The molecule has 0 aromatic heterocycles. The van der Waals surface area contributed by atoms with Gasteiger partial charge in [-0.2, -0.15) is 0 Å². The number of benzene rings is 3. The summed E-state index contributed by atoms with van der Waals surface area (Å²) in [5.41, 5.74) is 4.01. The van der Waals surface area contributed by atoms with E-state index in [0.717, 1.165) is 16.7 Å². The molecule has 0 aliphatic heterocycles. The largest absolute Gasteiger partial charge is 0.348 e. The van der Waals surface area contributed by atoms with Crippen molar-refractivity contribution in [1.82, 2.24) is 5.32 Å². The third-order valence-electron chi connectivity index (χ3n) is 4.27. The number of carbonyl (C=O) groups is 1. The number of sulfonamides is 1. The van der Waals surface area contributed by atoms with Crippen molar-refractivity contribution in [2.75, 3.05) is 4.72 Å². The molecule has 3 aromatic rings. The van der Waals surface area contributed by atoms with Crippen molar-refractivity contribution in [2.24, 2.45) is 0 Å². The molecule has 0 radical (unpaired) electrons. The van der Waals surface area contributed by atoms with Crippen LogP contribution in [-0.4, -0.2) is 14.3 Å². The predicted octanol–water partition coefficient (Wildman–Crippen LogP) is 4.03. The van der Waals surface area contributed by atoms with Gasteiger partial charge < -0.3 is 5.32 Å². The zero-order chi connectivity index (χ0) is 20.1. The summed E-state index contributed by atoms with van der Waals surface area (Å²) in [4.78, 5) is 12.5. The Morgan fingerprint density at radius 1 is 0.857 bits per heavy atom. The van der Waals surface area contributed by atoms with Gasteiger partial charge in [-0.15, -0.1) is 0 Å². The van der Waals surface area contributed by atoms with Crippen molar-refractivity contribution < 1.29 is 13.2 Å². The molecule has 3 aromatic carbocycles. The third kappa shape index (κ3) is 4.98. The third-order valence-corrected chi connectivity index (χ3v) is 5.66. The van der Waals surface area contributed by atoms with Crippen LogP contribution in [0.5, 0.6) is 0 Å². The predicted molar refractivity (Wildman–Crippen MR) is 111 cm³/mol. The second kappa shape index (κ2) is 8.27. The van der Waals surface area contributed by atoms with Gasteiger partial charge in [0.1, 0.15) is 0 Å². The lowest BCUT2D eigenvalue weighted by Gasteiger charge is -2.10. The van der Waals surface area contributed by atoms with Crippen molar-refractivity contribution >= 4 is 21.6 Å². The fourth-order valence-electron chi connectivity index (χ4n) is 2.73. The molecule has 0 fully saturated rings. The van der Waals surface area contributed by atoms with E-state index in [1.165, 1.54) is 0 Å². The molecule has 0 unspecified atom stereocenters. The lowest BCUT2D eigenvalue weighted by molar-refractivity contribution is 0.0951. The topological polar surface area (TPSA) is 75.3 Å². The fraction of sp³-hybridized carbons (Fsp3) is 0.136. The molecule has 0 saturated heterocycles. The first kappa shape index (κ1) is 19.6. The molecule has 0 atom stereocenters. The first-order valence-electron chi connectivity index (χ1n) is 8.87. The SMILES string of the molecule is Cc1ccc(S(=O)(=O)Nc2ccc(C(=O)NCc3cccc(C)c3)cc2)cc1. The Morgan fingerprint density at radius 3 is 2.18 bits per heavy atom. The minimum atomic E-state index is -3.66. The summed E-state index contributed by atoms with van der Waals surface area (Å²) in [5, 5.41) is 2.86. The summed E-state index contributed by atoms with van der Waals surface area (Å²) in [6, 6.07) is 20.9. The molecule has 0 aliphatic rings. The molecule has 144 valence electrons. The van der Waals surface area contributed by atoms with Gasteiger partial charge in [0.15, 0.2) is 0 Å². The van der Waals surface area contributed by atoms with Crippen LogP contribution < -0.4 is 10.0 Å². The highest BCUT2D eigenvalue weighted by atomic mass is 32.2. The maximum absolute atomic E-state index is 12.4. The van der Waals surface area contributed by atoms with Gasteiger partial charge in [-0.3, -0.25) is 9.52 Å².